The molecule has 1 aromatic carbocycles. The Hall–Kier alpha value is -1.39. The van der Waals surface area contributed by atoms with E-state index in [1.54, 1.807) is 7.11 Å². The fourth-order valence-electron chi connectivity index (χ4n) is 1.63. The van der Waals surface area contributed by atoms with Gasteiger partial charge in [0.05, 0.1) is 13.7 Å². The van der Waals surface area contributed by atoms with Gasteiger partial charge in [-0.3, -0.25) is 0 Å². The largest absolute Gasteiger partial charge is 0.468 e. The highest BCUT2D eigenvalue weighted by Gasteiger charge is 2.19. The monoisotopic (exact) mass is 237 g/mol. The van der Waals surface area contributed by atoms with Crippen LogP contribution in [0.4, 0.5) is 0 Å². The molecule has 4 nitrogen and oxygen atoms in total. The number of methoxy groups -OCH3 is 2. The fraction of sp³-hybridized carbons (Fsp3) is 0.462. The molecule has 1 N–H and O–H groups in total. The topological polar surface area (TPSA) is 47.6 Å². The van der Waals surface area contributed by atoms with Crippen LogP contribution in [0.3, 0.4) is 0 Å². The standard InChI is InChI=1S/C13H19NO3/c1-4-14-12(13(15)17-3)11-7-5-10(6-8-11)9-16-2/h5-8,12,14H,4,9H2,1-3H3. The third-order valence-corrected chi connectivity index (χ3v) is 2.47. The SMILES string of the molecule is CCNC(C(=O)OC)c1ccc(COC)cc1. The molecule has 0 aromatic heterocycles. The lowest BCUT2D eigenvalue weighted by atomic mass is 10.1. The Morgan fingerprint density at radius 2 is 1.94 bits per heavy atom. The molecule has 0 aliphatic rings. The van der Waals surface area contributed by atoms with Crippen molar-refractivity contribution in [2.75, 3.05) is 20.8 Å². The average Bonchev–Trinajstić information content (AvgIpc) is 2.37. The van der Waals surface area contributed by atoms with Gasteiger partial charge in [-0.25, -0.2) is 4.79 Å². The maximum absolute atomic E-state index is 11.6. The van der Waals surface area contributed by atoms with Gasteiger partial charge < -0.3 is 14.8 Å². The molecule has 0 heterocycles. The Kier molecular flexibility index (Phi) is 5.66. The summed E-state index contributed by atoms with van der Waals surface area (Å²) in [7, 11) is 3.05. The molecule has 17 heavy (non-hydrogen) atoms. The summed E-state index contributed by atoms with van der Waals surface area (Å²) in [4.78, 5) is 11.6. The van der Waals surface area contributed by atoms with E-state index in [0.29, 0.717) is 13.2 Å². The van der Waals surface area contributed by atoms with E-state index >= 15 is 0 Å². The number of benzene rings is 1. The summed E-state index contributed by atoms with van der Waals surface area (Å²) >= 11 is 0. The molecule has 0 radical (unpaired) electrons. The molecule has 1 rings (SSSR count). The molecular weight excluding hydrogens is 218 g/mol. The van der Waals surface area contributed by atoms with Crippen LogP contribution in [-0.4, -0.2) is 26.7 Å². The van der Waals surface area contributed by atoms with E-state index < -0.39 is 6.04 Å². The summed E-state index contributed by atoms with van der Waals surface area (Å²) < 4.78 is 9.81. The Balaban J connectivity index is 2.83. The number of rotatable bonds is 6. The number of carbonyl (C=O) groups excluding carboxylic acids is 1. The minimum Gasteiger partial charge on any atom is -0.468 e. The average molecular weight is 237 g/mol. The van der Waals surface area contributed by atoms with E-state index in [-0.39, 0.29) is 5.97 Å². The predicted octanol–water partition coefficient (Wildman–Crippen LogP) is 1.66. The second kappa shape index (κ2) is 7.04. The molecule has 0 amide bonds. The van der Waals surface area contributed by atoms with Gasteiger partial charge in [0, 0.05) is 7.11 Å². The van der Waals surface area contributed by atoms with Crippen LogP contribution in [0.5, 0.6) is 0 Å². The lowest BCUT2D eigenvalue weighted by Crippen LogP contribution is -2.29. The van der Waals surface area contributed by atoms with Crippen LogP contribution >= 0.6 is 0 Å². The Labute approximate surface area is 102 Å². The smallest absolute Gasteiger partial charge is 0.327 e. The zero-order chi connectivity index (χ0) is 12.7. The van der Waals surface area contributed by atoms with Crippen molar-refractivity contribution in [2.24, 2.45) is 0 Å². The molecule has 0 saturated heterocycles. The third-order valence-electron chi connectivity index (χ3n) is 2.47. The van der Waals surface area contributed by atoms with Crippen molar-refractivity contribution in [3.8, 4) is 0 Å². The van der Waals surface area contributed by atoms with Crippen molar-refractivity contribution in [2.45, 2.75) is 19.6 Å². The zero-order valence-electron chi connectivity index (χ0n) is 10.5. The van der Waals surface area contributed by atoms with Crippen LogP contribution in [-0.2, 0) is 20.9 Å². The molecule has 0 saturated carbocycles. The summed E-state index contributed by atoms with van der Waals surface area (Å²) in [5.74, 6) is -0.272. The minimum atomic E-state index is -0.401. The van der Waals surface area contributed by atoms with Gasteiger partial charge in [-0.05, 0) is 17.7 Å². The van der Waals surface area contributed by atoms with E-state index in [2.05, 4.69) is 5.32 Å². The molecule has 94 valence electrons. The van der Waals surface area contributed by atoms with Crippen molar-refractivity contribution in [3.05, 3.63) is 35.4 Å². The van der Waals surface area contributed by atoms with Crippen LogP contribution in [0, 0.1) is 0 Å². The van der Waals surface area contributed by atoms with E-state index in [0.717, 1.165) is 11.1 Å². The molecular formula is C13H19NO3. The lowest BCUT2D eigenvalue weighted by Gasteiger charge is -2.16. The normalized spacial score (nSPS) is 12.2. The van der Waals surface area contributed by atoms with Gasteiger partial charge in [-0.15, -0.1) is 0 Å². The molecule has 0 aliphatic heterocycles. The number of esters is 1. The predicted molar refractivity (Wildman–Crippen MR) is 65.6 cm³/mol. The van der Waals surface area contributed by atoms with Gasteiger partial charge in [-0.1, -0.05) is 31.2 Å². The van der Waals surface area contributed by atoms with Crippen molar-refractivity contribution >= 4 is 5.97 Å². The highest BCUT2D eigenvalue weighted by atomic mass is 16.5. The van der Waals surface area contributed by atoms with Crippen molar-refractivity contribution in [1.82, 2.24) is 5.32 Å². The number of hydrogen-bond donors (Lipinski definition) is 1. The van der Waals surface area contributed by atoms with Gasteiger partial charge in [-0.2, -0.15) is 0 Å². The van der Waals surface area contributed by atoms with Crippen LogP contribution in [0.2, 0.25) is 0 Å². The Morgan fingerprint density at radius 1 is 1.29 bits per heavy atom. The molecule has 0 fully saturated rings. The summed E-state index contributed by atoms with van der Waals surface area (Å²) in [5, 5.41) is 3.10. The van der Waals surface area contributed by atoms with Gasteiger partial charge in [0.1, 0.15) is 6.04 Å². The molecule has 1 aromatic rings. The highest BCUT2D eigenvalue weighted by molar-refractivity contribution is 5.77. The maximum atomic E-state index is 11.6. The molecule has 1 unspecified atom stereocenters. The van der Waals surface area contributed by atoms with E-state index in [4.69, 9.17) is 9.47 Å². The molecule has 0 bridgehead atoms. The first-order valence-electron chi connectivity index (χ1n) is 5.62. The summed E-state index contributed by atoms with van der Waals surface area (Å²) in [6.07, 6.45) is 0. The number of ether oxygens (including phenoxy) is 2. The van der Waals surface area contributed by atoms with Crippen molar-refractivity contribution in [1.29, 1.82) is 0 Å². The summed E-state index contributed by atoms with van der Waals surface area (Å²) in [6, 6.07) is 7.33. The van der Waals surface area contributed by atoms with Crippen LogP contribution in [0.1, 0.15) is 24.1 Å². The fourth-order valence-corrected chi connectivity index (χ4v) is 1.63. The van der Waals surface area contributed by atoms with E-state index in [9.17, 15) is 4.79 Å². The van der Waals surface area contributed by atoms with Gasteiger partial charge in [0.15, 0.2) is 0 Å². The number of hydrogen-bond acceptors (Lipinski definition) is 4. The van der Waals surface area contributed by atoms with Gasteiger partial charge in [0.25, 0.3) is 0 Å². The Morgan fingerprint density at radius 3 is 2.41 bits per heavy atom. The third kappa shape index (κ3) is 3.84. The molecule has 0 aliphatic carbocycles. The number of carbonyl (C=O) groups is 1. The van der Waals surface area contributed by atoms with E-state index in [1.165, 1.54) is 7.11 Å². The van der Waals surface area contributed by atoms with Gasteiger partial charge in [0.2, 0.25) is 0 Å². The molecule has 4 heteroatoms. The van der Waals surface area contributed by atoms with E-state index in [1.807, 2.05) is 31.2 Å². The van der Waals surface area contributed by atoms with Gasteiger partial charge >= 0.3 is 5.97 Å². The number of nitrogens with one attached hydrogen (secondary N) is 1. The minimum absolute atomic E-state index is 0.272. The second-order valence-electron chi connectivity index (χ2n) is 3.69. The zero-order valence-corrected chi connectivity index (χ0v) is 10.5. The number of likely N-dealkylation sites (N-methyl/N-ethyl adjacent to an activating group) is 1. The quantitative estimate of drug-likeness (QED) is 0.764. The summed E-state index contributed by atoms with van der Waals surface area (Å²) in [5.41, 5.74) is 1.98. The Bertz CT molecular complexity index is 348. The highest BCUT2D eigenvalue weighted by Crippen LogP contribution is 2.15. The van der Waals surface area contributed by atoms with Crippen LogP contribution in [0.25, 0.3) is 0 Å². The van der Waals surface area contributed by atoms with Crippen LogP contribution < -0.4 is 5.32 Å². The first kappa shape index (κ1) is 13.7. The lowest BCUT2D eigenvalue weighted by molar-refractivity contribution is -0.143. The summed E-state index contributed by atoms with van der Waals surface area (Å²) in [6.45, 7) is 3.24. The van der Waals surface area contributed by atoms with Crippen molar-refractivity contribution in [3.63, 3.8) is 0 Å². The first-order chi connectivity index (χ1) is 8.22. The maximum Gasteiger partial charge on any atom is 0.327 e. The molecule has 0 spiro atoms. The first-order valence-corrected chi connectivity index (χ1v) is 5.62. The molecule has 1 atom stereocenters. The second-order valence-corrected chi connectivity index (χ2v) is 3.69. The van der Waals surface area contributed by atoms with Crippen molar-refractivity contribution < 1.29 is 14.3 Å². The van der Waals surface area contributed by atoms with Crippen LogP contribution in [0.15, 0.2) is 24.3 Å².